The number of anilines is 2. The van der Waals surface area contributed by atoms with Crippen molar-refractivity contribution in [1.29, 1.82) is 0 Å². The lowest BCUT2D eigenvalue weighted by atomic mass is 10.1. The standard InChI is InChI=1S/C16H19N2O9PS2/c1-3-9-5-15(29(20,21)22)13(7-11(9)17)26-28(19)27-14-8-12(18)10(4-2)6-16(14)30(23,24)25/h5-8H,3-4,17-18H2,1-2H3,(H-,20,21,22,23,24,25)/p+1. The Morgan fingerprint density at radius 1 is 0.800 bits per heavy atom. The molecule has 6 N–H and O–H groups in total. The molecule has 0 aliphatic heterocycles. The molecule has 0 aliphatic carbocycles. The average molecular weight is 479 g/mol. The van der Waals surface area contributed by atoms with E-state index in [2.05, 4.69) is 0 Å². The highest BCUT2D eigenvalue weighted by Crippen LogP contribution is 2.40. The van der Waals surface area contributed by atoms with Crippen LogP contribution in [-0.4, -0.2) is 25.9 Å². The number of rotatable bonds is 8. The summed E-state index contributed by atoms with van der Waals surface area (Å²) in [4.78, 5) is -1.40. The largest absolute Gasteiger partial charge is 0.805 e. The third-order valence-corrected chi connectivity index (χ3v) is 6.52. The van der Waals surface area contributed by atoms with E-state index in [1.807, 2.05) is 0 Å². The Balaban J connectivity index is 2.47. The highest BCUT2D eigenvalue weighted by Gasteiger charge is 2.33. The number of hydrogen-bond donors (Lipinski definition) is 4. The van der Waals surface area contributed by atoms with Gasteiger partial charge in [-0.05, 0) is 36.1 Å². The Hall–Kier alpha value is -2.44. The second kappa shape index (κ2) is 8.74. The van der Waals surface area contributed by atoms with Crippen LogP contribution < -0.4 is 20.5 Å². The molecule has 0 heterocycles. The topological polar surface area (TPSA) is 196 Å². The van der Waals surface area contributed by atoms with Crippen LogP contribution in [0.25, 0.3) is 0 Å². The van der Waals surface area contributed by atoms with E-state index in [1.165, 1.54) is 0 Å². The second-order valence-corrected chi connectivity index (χ2v) is 9.65. The summed E-state index contributed by atoms with van der Waals surface area (Å²) in [6.45, 7) is 3.40. The molecular weight excluding hydrogens is 459 g/mol. The van der Waals surface area contributed by atoms with Gasteiger partial charge in [0.2, 0.25) is 11.5 Å². The fourth-order valence-corrected chi connectivity index (χ4v) is 4.65. The summed E-state index contributed by atoms with van der Waals surface area (Å²) in [5.41, 5.74) is 12.6. The van der Waals surface area contributed by atoms with Crippen molar-refractivity contribution in [2.75, 3.05) is 11.5 Å². The van der Waals surface area contributed by atoms with E-state index in [0.29, 0.717) is 24.0 Å². The smallest absolute Gasteiger partial charge is 0.398 e. The molecule has 0 unspecified atom stereocenters. The molecule has 0 saturated carbocycles. The van der Waals surface area contributed by atoms with Crippen LogP contribution in [0.2, 0.25) is 0 Å². The Labute approximate surface area is 174 Å². The Morgan fingerprint density at radius 3 is 1.40 bits per heavy atom. The van der Waals surface area contributed by atoms with Crippen molar-refractivity contribution in [1.82, 2.24) is 0 Å². The first-order chi connectivity index (χ1) is 13.8. The molecular formula is C16H20N2O9PS2+. The molecule has 164 valence electrons. The minimum atomic E-state index is -4.77. The van der Waals surface area contributed by atoms with Crippen molar-refractivity contribution < 1.29 is 39.6 Å². The van der Waals surface area contributed by atoms with Crippen LogP contribution in [0.4, 0.5) is 11.4 Å². The first kappa shape index (κ1) is 23.8. The van der Waals surface area contributed by atoms with Gasteiger partial charge in [0.05, 0.1) is 0 Å². The van der Waals surface area contributed by atoms with Crippen LogP contribution in [0, 0.1) is 0 Å². The summed E-state index contributed by atoms with van der Waals surface area (Å²) in [5, 5.41) is 0. The number of nitrogen functional groups attached to an aromatic ring is 2. The summed E-state index contributed by atoms with van der Waals surface area (Å²) in [6, 6.07) is 4.19. The SMILES string of the molecule is CCc1cc(S(=O)(=O)O)c(O[P+](=O)Oc2cc(N)c(CC)cc2S(=O)(=O)O)cc1N. The third kappa shape index (κ3) is 5.37. The highest BCUT2D eigenvalue weighted by molar-refractivity contribution is 7.86. The number of hydrogen-bond acceptors (Lipinski definition) is 9. The van der Waals surface area contributed by atoms with Gasteiger partial charge in [-0.15, -0.1) is 0 Å². The fraction of sp³-hybridized carbons (Fsp3) is 0.250. The maximum atomic E-state index is 12.3. The van der Waals surface area contributed by atoms with Gasteiger partial charge in [-0.2, -0.15) is 16.8 Å². The fourth-order valence-electron chi connectivity index (χ4n) is 2.57. The van der Waals surface area contributed by atoms with Crippen molar-refractivity contribution in [3.63, 3.8) is 0 Å². The maximum absolute atomic E-state index is 12.3. The van der Waals surface area contributed by atoms with Gasteiger partial charge in [-0.1, -0.05) is 13.8 Å². The zero-order valence-electron chi connectivity index (χ0n) is 15.9. The maximum Gasteiger partial charge on any atom is 0.805 e. The van der Waals surface area contributed by atoms with Crippen LogP contribution in [0.5, 0.6) is 11.5 Å². The molecule has 0 bridgehead atoms. The molecule has 0 amide bonds. The van der Waals surface area contributed by atoms with E-state index in [0.717, 1.165) is 24.3 Å². The van der Waals surface area contributed by atoms with E-state index in [9.17, 15) is 30.5 Å². The molecule has 2 rings (SSSR count). The van der Waals surface area contributed by atoms with Gasteiger partial charge in [0, 0.05) is 28.1 Å². The molecule has 11 nitrogen and oxygen atoms in total. The third-order valence-electron chi connectivity index (χ3n) is 4.07. The van der Waals surface area contributed by atoms with Crippen LogP contribution >= 0.6 is 8.25 Å². The van der Waals surface area contributed by atoms with Crippen LogP contribution in [0.3, 0.4) is 0 Å². The van der Waals surface area contributed by atoms with Crippen LogP contribution in [0.15, 0.2) is 34.1 Å². The van der Waals surface area contributed by atoms with E-state index in [-0.39, 0.29) is 11.4 Å². The molecule has 0 atom stereocenters. The number of benzene rings is 2. The second-order valence-electron chi connectivity index (χ2n) is 6.06. The molecule has 0 saturated heterocycles. The van der Waals surface area contributed by atoms with Crippen molar-refractivity contribution in [3.05, 3.63) is 35.4 Å². The van der Waals surface area contributed by atoms with Gasteiger partial charge in [-0.25, -0.2) is 9.05 Å². The lowest BCUT2D eigenvalue weighted by Crippen LogP contribution is -2.06. The summed E-state index contributed by atoms with van der Waals surface area (Å²) in [5.74, 6) is -1.14. The minimum absolute atomic E-state index is 0.110. The first-order valence-electron chi connectivity index (χ1n) is 8.40. The molecule has 30 heavy (non-hydrogen) atoms. The molecule has 0 aromatic heterocycles. The van der Waals surface area contributed by atoms with Gasteiger partial charge in [0.15, 0.2) is 0 Å². The Morgan fingerprint density at radius 2 is 1.13 bits per heavy atom. The Kier molecular flexibility index (Phi) is 6.94. The predicted molar refractivity (Wildman–Crippen MR) is 109 cm³/mol. The zero-order valence-corrected chi connectivity index (χ0v) is 18.4. The Bertz CT molecular complexity index is 1120. The monoisotopic (exact) mass is 479 g/mol. The summed E-state index contributed by atoms with van der Waals surface area (Å²) >= 11 is 0. The van der Waals surface area contributed by atoms with E-state index in [1.54, 1.807) is 13.8 Å². The van der Waals surface area contributed by atoms with E-state index >= 15 is 0 Å². The predicted octanol–water partition coefficient (Wildman–Crippen LogP) is 2.58. The molecule has 0 aliphatic rings. The summed E-state index contributed by atoms with van der Waals surface area (Å²) < 4.78 is 87.7. The quantitative estimate of drug-likeness (QED) is 0.247. The highest BCUT2D eigenvalue weighted by atomic mass is 32.2. The van der Waals surface area contributed by atoms with Crippen molar-refractivity contribution >= 4 is 39.9 Å². The van der Waals surface area contributed by atoms with Gasteiger partial charge < -0.3 is 11.5 Å². The van der Waals surface area contributed by atoms with Crippen molar-refractivity contribution in [2.45, 2.75) is 36.5 Å². The van der Waals surface area contributed by atoms with Crippen LogP contribution in [0.1, 0.15) is 25.0 Å². The van der Waals surface area contributed by atoms with E-state index in [4.69, 9.17) is 20.5 Å². The summed E-state index contributed by atoms with van der Waals surface area (Å²) in [7, 11) is -12.8. The molecule has 2 aromatic rings. The molecule has 0 spiro atoms. The average Bonchev–Trinajstić information content (AvgIpc) is 2.59. The number of aryl methyl sites for hydroxylation is 2. The molecule has 2 aromatic carbocycles. The van der Waals surface area contributed by atoms with Crippen LogP contribution in [-0.2, 0) is 37.6 Å². The van der Waals surface area contributed by atoms with Gasteiger partial charge in [0.25, 0.3) is 20.2 Å². The summed E-state index contributed by atoms with van der Waals surface area (Å²) in [6.07, 6.45) is 0.691. The van der Waals surface area contributed by atoms with Gasteiger partial charge in [-0.3, -0.25) is 9.11 Å². The van der Waals surface area contributed by atoms with Gasteiger partial charge in [0.1, 0.15) is 9.79 Å². The lowest BCUT2D eigenvalue weighted by Gasteiger charge is -2.09. The lowest BCUT2D eigenvalue weighted by molar-refractivity contribution is 0.404. The van der Waals surface area contributed by atoms with Crippen molar-refractivity contribution in [3.8, 4) is 11.5 Å². The normalized spacial score (nSPS) is 11.9. The first-order valence-corrected chi connectivity index (χ1v) is 12.4. The molecule has 0 fully saturated rings. The minimum Gasteiger partial charge on any atom is -0.398 e. The van der Waals surface area contributed by atoms with Gasteiger partial charge >= 0.3 is 8.25 Å². The molecule has 0 radical (unpaired) electrons. The number of nitrogens with two attached hydrogens (primary N) is 2. The van der Waals surface area contributed by atoms with Crippen molar-refractivity contribution in [2.24, 2.45) is 0 Å². The zero-order chi connectivity index (χ0) is 22.9. The van der Waals surface area contributed by atoms with E-state index < -0.39 is 49.8 Å². The molecule has 14 heteroatoms.